The number of carbonyl (C=O) groups excluding carboxylic acids is 1. The van der Waals surface area contributed by atoms with Crippen LogP contribution in [-0.2, 0) is 10.0 Å². The number of pyridine rings is 1. The van der Waals surface area contributed by atoms with Crippen LogP contribution in [0.4, 0.5) is 5.13 Å². The summed E-state index contributed by atoms with van der Waals surface area (Å²) in [6, 6.07) is 5.00. The third-order valence-electron chi connectivity index (χ3n) is 4.27. The van der Waals surface area contributed by atoms with Crippen LogP contribution < -0.4 is 4.72 Å². The molecule has 0 bridgehead atoms. The average Bonchev–Trinajstić information content (AvgIpc) is 3.42. The van der Waals surface area contributed by atoms with Crippen molar-refractivity contribution in [3.05, 3.63) is 47.9 Å². The lowest BCUT2D eigenvalue weighted by Gasteiger charge is -2.13. The third kappa shape index (κ3) is 3.71. The molecule has 4 heterocycles. The van der Waals surface area contributed by atoms with Gasteiger partial charge in [-0.3, -0.25) is 14.5 Å². The van der Waals surface area contributed by atoms with E-state index in [1.807, 2.05) is 6.07 Å². The fourth-order valence-electron chi connectivity index (χ4n) is 2.89. The fraction of sp³-hybridized carbons (Fsp3) is 0.235. The van der Waals surface area contributed by atoms with Crippen molar-refractivity contribution >= 4 is 32.4 Å². The van der Waals surface area contributed by atoms with Gasteiger partial charge in [0, 0.05) is 42.6 Å². The zero-order valence-electron chi connectivity index (χ0n) is 14.3. The number of H-pyrrole nitrogens is 1. The molecule has 2 N–H and O–H groups in total. The number of anilines is 1. The number of hydrogen-bond acceptors (Lipinski definition) is 6. The molecule has 0 radical (unpaired) electrons. The fourth-order valence-corrected chi connectivity index (χ4v) is 4.85. The molecule has 8 nitrogen and oxygen atoms in total. The second-order valence-electron chi connectivity index (χ2n) is 6.13. The van der Waals surface area contributed by atoms with Gasteiger partial charge in [0.15, 0.2) is 5.13 Å². The van der Waals surface area contributed by atoms with Gasteiger partial charge in [-0.2, -0.15) is 0 Å². The number of sulfonamides is 1. The van der Waals surface area contributed by atoms with Gasteiger partial charge in [0.05, 0.1) is 5.69 Å². The largest absolute Gasteiger partial charge is 0.356 e. The van der Waals surface area contributed by atoms with Gasteiger partial charge >= 0.3 is 0 Å². The van der Waals surface area contributed by atoms with E-state index in [0.29, 0.717) is 18.8 Å². The first-order valence-electron chi connectivity index (χ1n) is 8.39. The van der Waals surface area contributed by atoms with Gasteiger partial charge in [0.2, 0.25) is 0 Å². The molecule has 0 spiro atoms. The van der Waals surface area contributed by atoms with Gasteiger partial charge in [-0.1, -0.05) is 0 Å². The van der Waals surface area contributed by atoms with Crippen LogP contribution in [0.5, 0.6) is 0 Å². The standard InChI is InChI=1S/C17H17N5O3S2/c23-16(22-6-1-2-7-22)14-8-13(10-19-14)27(24,25)21-17-20-15(11-26-17)12-4-3-5-18-9-12/h3-5,8-11,19H,1-2,6-7H2,(H,20,21). The number of rotatable bonds is 5. The Labute approximate surface area is 160 Å². The summed E-state index contributed by atoms with van der Waals surface area (Å²) in [6.07, 6.45) is 6.59. The highest BCUT2D eigenvalue weighted by Gasteiger charge is 2.24. The van der Waals surface area contributed by atoms with Gasteiger partial charge in [-0.25, -0.2) is 13.4 Å². The van der Waals surface area contributed by atoms with E-state index in [1.54, 1.807) is 28.7 Å². The normalized spacial score (nSPS) is 14.4. The molecule has 3 aromatic rings. The molecule has 0 aromatic carbocycles. The van der Waals surface area contributed by atoms with Crippen LogP contribution in [-0.4, -0.2) is 47.3 Å². The molecule has 0 aliphatic carbocycles. The third-order valence-corrected chi connectivity index (χ3v) is 6.48. The van der Waals surface area contributed by atoms with Crippen LogP contribution in [0.3, 0.4) is 0 Å². The van der Waals surface area contributed by atoms with Gasteiger partial charge in [0.25, 0.3) is 15.9 Å². The first-order valence-corrected chi connectivity index (χ1v) is 10.8. The lowest BCUT2D eigenvalue weighted by molar-refractivity contribution is 0.0787. The molecular formula is C17H17N5O3S2. The minimum Gasteiger partial charge on any atom is -0.356 e. The van der Waals surface area contributed by atoms with E-state index < -0.39 is 10.0 Å². The summed E-state index contributed by atoms with van der Waals surface area (Å²) in [5, 5.41) is 2.01. The molecule has 0 saturated carbocycles. The zero-order chi connectivity index (χ0) is 18.9. The topological polar surface area (TPSA) is 108 Å². The van der Waals surface area contributed by atoms with Gasteiger partial charge in [-0.15, -0.1) is 11.3 Å². The molecule has 0 unspecified atom stereocenters. The van der Waals surface area contributed by atoms with E-state index in [2.05, 4.69) is 19.7 Å². The SMILES string of the molecule is O=C(c1cc(S(=O)(=O)Nc2nc(-c3cccnc3)cs2)c[nH]1)N1CCCC1. The average molecular weight is 403 g/mol. The van der Waals surface area contributed by atoms with Crippen molar-refractivity contribution in [2.24, 2.45) is 0 Å². The van der Waals surface area contributed by atoms with Crippen LogP contribution in [0.25, 0.3) is 11.3 Å². The van der Waals surface area contributed by atoms with Crippen LogP contribution in [0.1, 0.15) is 23.3 Å². The molecule has 1 fully saturated rings. The molecule has 1 saturated heterocycles. The first-order chi connectivity index (χ1) is 13.0. The van der Waals surface area contributed by atoms with E-state index in [1.165, 1.54) is 23.6 Å². The first kappa shape index (κ1) is 17.7. The lowest BCUT2D eigenvalue weighted by Crippen LogP contribution is -2.27. The Hall–Kier alpha value is -2.72. The van der Waals surface area contributed by atoms with Crippen molar-refractivity contribution in [3.63, 3.8) is 0 Å². The maximum atomic E-state index is 12.6. The van der Waals surface area contributed by atoms with Crippen molar-refractivity contribution in [2.75, 3.05) is 17.8 Å². The summed E-state index contributed by atoms with van der Waals surface area (Å²) in [6.45, 7) is 1.41. The van der Waals surface area contributed by atoms with Crippen molar-refractivity contribution < 1.29 is 13.2 Å². The summed E-state index contributed by atoms with van der Waals surface area (Å²) in [4.78, 5) is 25.2. The molecule has 140 valence electrons. The number of nitrogens with zero attached hydrogens (tertiary/aromatic N) is 3. The second-order valence-corrected chi connectivity index (χ2v) is 8.67. The molecule has 0 atom stereocenters. The highest BCUT2D eigenvalue weighted by Crippen LogP contribution is 2.26. The van der Waals surface area contributed by atoms with E-state index in [9.17, 15) is 13.2 Å². The Morgan fingerprint density at radius 2 is 2.11 bits per heavy atom. The molecule has 1 amide bonds. The Balaban J connectivity index is 1.51. The van der Waals surface area contributed by atoms with Crippen LogP contribution in [0.2, 0.25) is 0 Å². The van der Waals surface area contributed by atoms with Crippen LogP contribution >= 0.6 is 11.3 Å². The predicted octanol–water partition coefficient (Wildman–Crippen LogP) is 2.57. The highest BCUT2D eigenvalue weighted by atomic mass is 32.2. The molecule has 1 aliphatic heterocycles. The van der Waals surface area contributed by atoms with Crippen LogP contribution in [0, 0.1) is 0 Å². The zero-order valence-corrected chi connectivity index (χ0v) is 15.9. The van der Waals surface area contributed by atoms with Crippen molar-refractivity contribution in [2.45, 2.75) is 17.7 Å². The maximum Gasteiger partial charge on any atom is 0.270 e. The maximum absolute atomic E-state index is 12.6. The Morgan fingerprint density at radius 3 is 2.85 bits per heavy atom. The monoisotopic (exact) mass is 403 g/mol. The lowest BCUT2D eigenvalue weighted by atomic mass is 10.2. The summed E-state index contributed by atoms with van der Waals surface area (Å²) in [7, 11) is -3.84. The Bertz CT molecular complexity index is 1050. The summed E-state index contributed by atoms with van der Waals surface area (Å²) >= 11 is 1.18. The number of nitrogens with one attached hydrogen (secondary N) is 2. The number of aromatic nitrogens is 3. The highest BCUT2D eigenvalue weighted by molar-refractivity contribution is 7.93. The van der Waals surface area contributed by atoms with E-state index in [4.69, 9.17) is 0 Å². The minimum absolute atomic E-state index is 0.00294. The summed E-state index contributed by atoms with van der Waals surface area (Å²) in [5.74, 6) is -0.179. The minimum atomic E-state index is -3.84. The molecule has 4 rings (SSSR count). The number of amides is 1. The molecule has 27 heavy (non-hydrogen) atoms. The second kappa shape index (κ2) is 7.12. The van der Waals surface area contributed by atoms with Gasteiger partial charge in [-0.05, 0) is 31.0 Å². The predicted molar refractivity (Wildman–Crippen MR) is 102 cm³/mol. The number of carbonyl (C=O) groups is 1. The molecule has 1 aliphatic rings. The summed E-state index contributed by atoms with van der Waals surface area (Å²) < 4.78 is 27.7. The van der Waals surface area contributed by atoms with E-state index >= 15 is 0 Å². The number of thiazole rings is 1. The molecular weight excluding hydrogens is 386 g/mol. The van der Waals surface area contributed by atoms with Crippen molar-refractivity contribution in [1.29, 1.82) is 0 Å². The smallest absolute Gasteiger partial charge is 0.270 e. The van der Waals surface area contributed by atoms with E-state index in [0.717, 1.165) is 18.4 Å². The van der Waals surface area contributed by atoms with E-state index in [-0.39, 0.29) is 21.6 Å². The van der Waals surface area contributed by atoms with Gasteiger partial charge < -0.3 is 9.88 Å². The van der Waals surface area contributed by atoms with Gasteiger partial charge in [0.1, 0.15) is 10.6 Å². The molecule has 3 aromatic heterocycles. The summed E-state index contributed by atoms with van der Waals surface area (Å²) in [5.41, 5.74) is 1.72. The Morgan fingerprint density at radius 1 is 1.30 bits per heavy atom. The van der Waals surface area contributed by atoms with Crippen molar-refractivity contribution in [3.8, 4) is 11.3 Å². The number of aromatic amines is 1. The Kier molecular flexibility index (Phi) is 4.66. The number of likely N-dealkylation sites (tertiary alicyclic amines) is 1. The molecule has 10 heteroatoms. The van der Waals surface area contributed by atoms with Crippen molar-refractivity contribution in [1.82, 2.24) is 19.9 Å². The number of hydrogen-bond donors (Lipinski definition) is 2. The quantitative estimate of drug-likeness (QED) is 0.681. The van der Waals surface area contributed by atoms with Crippen LogP contribution in [0.15, 0.2) is 47.1 Å².